The van der Waals surface area contributed by atoms with Gasteiger partial charge in [-0.05, 0) is 64.5 Å². The summed E-state index contributed by atoms with van der Waals surface area (Å²) in [6, 6.07) is 9.28. The van der Waals surface area contributed by atoms with Crippen LogP contribution in [0.15, 0.2) is 24.3 Å². The summed E-state index contributed by atoms with van der Waals surface area (Å²) in [4.78, 5) is 14.1. The van der Waals surface area contributed by atoms with Gasteiger partial charge < -0.3 is 10.2 Å². The van der Waals surface area contributed by atoms with Crippen molar-refractivity contribution in [3.63, 3.8) is 0 Å². The summed E-state index contributed by atoms with van der Waals surface area (Å²) < 4.78 is 0. The van der Waals surface area contributed by atoms with Gasteiger partial charge >= 0.3 is 0 Å². The fourth-order valence-corrected chi connectivity index (χ4v) is 1.74. The lowest BCUT2D eigenvalue weighted by Crippen LogP contribution is -2.29. The van der Waals surface area contributed by atoms with Crippen molar-refractivity contribution in [1.29, 1.82) is 5.26 Å². The van der Waals surface area contributed by atoms with Crippen LogP contribution in [0.5, 0.6) is 0 Å². The number of nitrogens with zero attached hydrogens (tertiary/aromatic N) is 2. The number of nitriles is 1. The maximum absolute atomic E-state index is 11.8. The second-order valence-electron chi connectivity index (χ2n) is 5.23. The van der Waals surface area contributed by atoms with Gasteiger partial charge in [-0.25, -0.2) is 0 Å². The third-order valence-corrected chi connectivity index (χ3v) is 3.38. The highest BCUT2D eigenvalue weighted by molar-refractivity contribution is 5.94. The first-order valence-electron chi connectivity index (χ1n) is 7.03. The lowest BCUT2D eigenvalue weighted by Gasteiger charge is -2.20. The molecule has 0 atom stereocenters. The van der Waals surface area contributed by atoms with E-state index in [1.807, 2.05) is 6.07 Å². The Kier molecular flexibility index (Phi) is 6.75. The summed E-state index contributed by atoms with van der Waals surface area (Å²) in [5.41, 5.74) is 1.17. The number of benzene rings is 1. The Balaban J connectivity index is 2.25. The molecule has 0 spiro atoms. The largest absolute Gasteiger partial charge is 0.352 e. The fourth-order valence-electron chi connectivity index (χ4n) is 1.74. The van der Waals surface area contributed by atoms with E-state index in [4.69, 9.17) is 5.26 Å². The molecule has 1 amide bonds. The molecule has 108 valence electrons. The first kappa shape index (κ1) is 16.2. The monoisotopic (exact) mass is 273 g/mol. The minimum atomic E-state index is -0.0771. The first-order valence-corrected chi connectivity index (χ1v) is 7.03. The van der Waals surface area contributed by atoms with Crippen molar-refractivity contribution in [3.05, 3.63) is 35.4 Å². The summed E-state index contributed by atoms with van der Waals surface area (Å²) >= 11 is 0. The Labute approximate surface area is 121 Å². The molecule has 0 aromatic heterocycles. The van der Waals surface area contributed by atoms with Gasteiger partial charge in [-0.1, -0.05) is 0 Å². The molecular formula is C16H23N3O. The van der Waals surface area contributed by atoms with Crippen molar-refractivity contribution < 1.29 is 4.79 Å². The van der Waals surface area contributed by atoms with Crippen LogP contribution < -0.4 is 5.32 Å². The van der Waals surface area contributed by atoms with Crippen molar-refractivity contribution in [2.75, 3.05) is 20.1 Å². The molecule has 0 saturated heterocycles. The number of hydrogen-bond donors (Lipinski definition) is 1. The van der Waals surface area contributed by atoms with E-state index in [1.165, 1.54) is 0 Å². The average Bonchev–Trinajstić information content (AvgIpc) is 2.46. The van der Waals surface area contributed by atoms with E-state index < -0.39 is 0 Å². The van der Waals surface area contributed by atoms with Crippen LogP contribution in [-0.4, -0.2) is 37.0 Å². The van der Waals surface area contributed by atoms with Gasteiger partial charge in [0.05, 0.1) is 11.6 Å². The molecule has 0 saturated carbocycles. The Morgan fingerprint density at radius 2 is 1.95 bits per heavy atom. The van der Waals surface area contributed by atoms with Gasteiger partial charge in [0.1, 0.15) is 0 Å². The first-order chi connectivity index (χ1) is 9.54. The van der Waals surface area contributed by atoms with Gasteiger partial charge in [-0.15, -0.1) is 0 Å². The summed E-state index contributed by atoms with van der Waals surface area (Å²) in [6.45, 7) is 6.08. The minimum absolute atomic E-state index is 0.0771. The molecule has 1 rings (SSSR count). The van der Waals surface area contributed by atoms with Crippen LogP contribution in [0.4, 0.5) is 0 Å². The van der Waals surface area contributed by atoms with Crippen molar-refractivity contribution in [2.24, 2.45) is 0 Å². The normalized spacial score (nSPS) is 10.6. The fraction of sp³-hybridized carbons (Fsp3) is 0.500. The lowest BCUT2D eigenvalue weighted by molar-refractivity contribution is 0.0952. The summed E-state index contributed by atoms with van der Waals surface area (Å²) in [5.74, 6) is -0.0771. The van der Waals surface area contributed by atoms with Gasteiger partial charge in [-0.3, -0.25) is 4.79 Å². The molecule has 0 unspecified atom stereocenters. The van der Waals surface area contributed by atoms with Gasteiger partial charge in [0.15, 0.2) is 0 Å². The molecule has 0 aliphatic carbocycles. The number of carbonyl (C=O) groups excluding carboxylic acids is 1. The van der Waals surface area contributed by atoms with Crippen LogP contribution in [0.2, 0.25) is 0 Å². The van der Waals surface area contributed by atoms with E-state index in [0.29, 0.717) is 23.7 Å². The molecule has 4 heteroatoms. The van der Waals surface area contributed by atoms with Crippen LogP contribution in [0.3, 0.4) is 0 Å². The van der Waals surface area contributed by atoms with E-state index in [9.17, 15) is 4.79 Å². The minimum Gasteiger partial charge on any atom is -0.352 e. The molecular weight excluding hydrogens is 250 g/mol. The molecule has 0 heterocycles. The third kappa shape index (κ3) is 5.41. The number of unbranched alkanes of at least 4 members (excludes halogenated alkanes) is 1. The van der Waals surface area contributed by atoms with Crippen LogP contribution in [0.25, 0.3) is 0 Å². The smallest absolute Gasteiger partial charge is 0.251 e. The van der Waals surface area contributed by atoms with Crippen LogP contribution >= 0.6 is 0 Å². The SMILES string of the molecule is CC(C)N(C)CCCCNC(=O)c1ccc(C#N)cc1. The number of carbonyl (C=O) groups is 1. The highest BCUT2D eigenvalue weighted by atomic mass is 16.1. The second-order valence-corrected chi connectivity index (χ2v) is 5.23. The van der Waals surface area contributed by atoms with Gasteiger partial charge in [-0.2, -0.15) is 5.26 Å². The molecule has 0 aliphatic rings. The Hall–Kier alpha value is -1.86. The molecule has 1 aromatic carbocycles. The summed E-state index contributed by atoms with van der Waals surface area (Å²) in [6.07, 6.45) is 2.04. The zero-order valence-electron chi connectivity index (χ0n) is 12.5. The van der Waals surface area contributed by atoms with E-state index >= 15 is 0 Å². The number of hydrogen-bond acceptors (Lipinski definition) is 3. The highest BCUT2D eigenvalue weighted by Gasteiger charge is 2.05. The number of rotatable bonds is 7. The molecule has 0 fully saturated rings. The molecule has 0 aliphatic heterocycles. The zero-order valence-corrected chi connectivity index (χ0v) is 12.5. The Morgan fingerprint density at radius 3 is 2.50 bits per heavy atom. The lowest BCUT2D eigenvalue weighted by atomic mass is 10.1. The van der Waals surface area contributed by atoms with Crippen LogP contribution in [0.1, 0.15) is 42.6 Å². The standard InChI is InChI=1S/C16H23N3O/c1-13(2)19(3)11-5-4-10-18-16(20)15-8-6-14(12-17)7-9-15/h6-9,13H,4-5,10-11H2,1-3H3,(H,18,20). The number of nitrogens with one attached hydrogen (secondary N) is 1. The second kappa shape index (κ2) is 8.34. The molecule has 4 nitrogen and oxygen atoms in total. The van der Waals surface area contributed by atoms with Gasteiger partial charge in [0, 0.05) is 18.2 Å². The van der Waals surface area contributed by atoms with E-state index in [1.54, 1.807) is 24.3 Å². The molecule has 20 heavy (non-hydrogen) atoms. The topological polar surface area (TPSA) is 56.1 Å². The maximum Gasteiger partial charge on any atom is 0.251 e. The predicted molar refractivity (Wildman–Crippen MR) is 80.5 cm³/mol. The average molecular weight is 273 g/mol. The Bertz CT molecular complexity index is 460. The molecule has 1 aromatic rings. The van der Waals surface area contributed by atoms with Gasteiger partial charge in [0.25, 0.3) is 5.91 Å². The van der Waals surface area contributed by atoms with Crippen molar-refractivity contribution >= 4 is 5.91 Å². The molecule has 0 radical (unpaired) electrons. The third-order valence-electron chi connectivity index (χ3n) is 3.38. The quantitative estimate of drug-likeness (QED) is 0.776. The maximum atomic E-state index is 11.8. The van der Waals surface area contributed by atoms with E-state index in [-0.39, 0.29) is 5.91 Å². The zero-order chi connectivity index (χ0) is 15.0. The molecule has 1 N–H and O–H groups in total. The van der Waals surface area contributed by atoms with E-state index in [0.717, 1.165) is 19.4 Å². The predicted octanol–water partition coefficient (Wildman–Crippen LogP) is 2.41. The number of amides is 1. The van der Waals surface area contributed by atoms with Crippen molar-refractivity contribution in [1.82, 2.24) is 10.2 Å². The van der Waals surface area contributed by atoms with Crippen LogP contribution in [0, 0.1) is 11.3 Å². The summed E-state index contributed by atoms with van der Waals surface area (Å²) in [7, 11) is 2.11. The summed E-state index contributed by atoms with van der Waals surface area (Å²) in [5, 5.41) is 11.6. The Morgan fingerprint density at radius 1 is 1.30 bits per heavy atom. The van der Waals surface area contributed by atoms with Crippen molar-refractivity contribution in [2.45, 2.75) is 32.7 Å². The van der Waals surface area contributed by atoms with Crippen molar-refractivity contribution in [3.8, 4) is 6.07 Å². The van der Waals surface area contributed by atoms with Crippen LogP contribution in [-0.2, 0) is 0 Å². The highest BCUT2D eigenvalue weighted by Crippen LogP contribution is 2.03. The van der Waals surface area contributed by atoms with Gasteiger partial charge in [0.2, 0.25) is 0 Å². The van der Waals surface area contributed by atoms with E-state index in [2.05, 4.69) is 31.1 Å². The molecule has 0 bridgehead atoms.